The first kappa shape index (κ1) is 17.0. The van der Waals surface area contributed by atoms with Crippen molar-refractivity contribution < 1.29 is 18.0 Å². The van der Waals surface area contributed by atoms with Gasteiger partial charge in [-0.05, 0) is 32.3 Å². The van der Waals surface area contributed by atoms with Crippen LogP contribution in [-0.4, -0.2) is 49.7 Å². The van der Waals surface area contributed by atoms with Gasteiger partial charge in [0.1, 0.15) is 5.82 Å². The Kier molecular flexibility index (Phi) is 3.81. The van der Waals surface area contributed by atoms with Gasteiger partial charge in [0.25, 0.3) is 5.82 Å². The number of alkyl halides is 3. The third-order valence-electron chi connectivity index (χ3n) is 5.13. The molecular weight excluding hydrogens is 349 g/mol. The van der Waals surface area contributed by atoms with Crippen LogP contribution in [0.3, 0.4) is 0 Å². The highest BCUT2D eigenvalue weighted by Gasteiger charge is 2.40. The molecule has 4 rings (SSSR count). The summed E-state index contributed by atoms with van der Waals surface area (Å²) in [6.07, 6.45) is -2.04. The predicted molar refractivity (Wildman–Crippen MR) is 86.6 cm³/mol. The number of anilines is 1. The number of carbonyl (C=O) groups excluding carboxylic acids is 1. The smallest absolute Gasteiger partial charge is 0.368 e. The molecule has 1 saturated carbocycles. The minimum Gasteiger partial charge on any atom is -0.368 e. The number of fused-ring (bicyclic) bond motifs is 1. The molecule has 1 unspecified atom stereocenters. The summed E-state index contributed by atoms with van der Waals surface area (Å²) in [6, 6.07) is 0.386. The third-order valence-corrected chi connectivity index (χ3v) is 5.13. The monoisotopic (exact) mass is 368 g/mol. The first-order valence-electron chi connectivity index (χ1n) is 8.59. The highest BCUT2D eigenvalue weighted by atomic mass is 19.4. The summed E-state index contributed by atoms with van der Waals surface area (Å²) in [5.74, 6) is -0.496. The molecule has 1 atom stereocenters. The molecule has 140 valence electrons. The predicted octanol–water partition coefficient (Wildman–Crippen LogP) is 2.18. The molecule has 3 heterocycles. The summed E-state index contributed by atoms with van der Waals surface area (Å²) in [5.41, 5.74) is 1.41. The number of hydrogen-bond acceptors (Lipinski definition) is 5. The Labute approximate surface area is 147 Å². The number of carbonyl (C=O) groups is 1. The molecule has 26 heavy (non-hydrogen) atoms. The van der Waals surface area contributed by atoms with E-state index in [0.717, 1.165) is 22.9 Å². The zero-order valence-electron chi connectivity index (χ0n) is 14.5. The van der Waals surface area contributed by atoms with Crippen LogP contribution < -0.4 is 5.32 Å². The Morgan fingerprint density at radius 3 is 2.58 bits per heavy atom. The van der Waals surface area contributed by atoms with Gasteiger partial charge in [0.2, 0.25) is 5.91 Å². The average molecular weight is 368 g/mol. The Morgan fingerprint density at radius 2 is 1.92 bits per heavy atom. The first-order valence-corrected chi connectivity index (χ1v) is 8.59. The number of amides is 1. The van der Waals surface area contributed by atoms with Crippen molar-refractivity contribution in [1.29, 1.82) is 0 Å². The van der Waals surface area contributed by atoms with Crippen molar-refractivity contribution in [2.24, 2.45) is 5.92 Å². The molecule has 2 fully saturated rings. The Hall–Kier alpha value is -2.39. The van der Waals surface area contributed by atoms with E-state index in [9.17, 15) is 18.0 Å². The molecule has 0 aromatic carbocycles. The molecule has 0 radical (unpaired) electrons. The number of halogens is 3. The fourth-order valence-electron chi connectivity index (χ4n) is 3.40. The van der Waals surface area contributed by atoms with Crippen molar-refractivity contribution in [1.82, 2.24) is 24.7 Å². The molecule has 1 aliphatic heterocycles. The van der Waals surface area contributed by atoms with Crippen LogP contribution in [0.1, 0.15) is 36.2 Å². The third kappa shape index (κ3) is 2.86. The van der Waals surface area contributed by atoms with Gasteiger partial charge in [-0.2, -0.15) is 17.7 Å². The summed E-state index contributed by atoms with van der Waals surface area (Å²) >= 11 is 0. The van der Waals surface area contributed by atoms with E-state index in [4.69, 9.17) is 0 Å². The van der Waals surface area contributed by atoms with Crippen molar-refractivity contribution >= 4 is 17.4 Å². The highest BCUT2D eigenvalue weighted by Crippen LogP contribution is 2.33. The quantitative estimate of drug-likeness (QED) is 0.895. The molecule has 1 amide bonds. The number of nitrogens with one attached hydrogen (secondary N) is 1. The van der Waals surface area contributed by atoms with Crippen LogP contribution >= 0.6 is 0 Å². The van der Waals surface area contributed by atoms with Crippen LogP contribution in [0.4, 0.5) is 19.0 Å². The van der Waals surface area contributed by atoms with E-state index < -0.39 is 12.0 Å². The summed E-state index contributed by atoms with van der Waals surface area (Å²) in [5, 5.41) is 14.1. The lowest BCUT2D eigenvalue weighted by atomic mass is 10.1. The summed E-state index contributed by atoms with van der Waals surface area (Å²) in [7, 11) is 0. The van der Waals surface area contributed by atoms with Crippen molar-refractivity contribution in [3.05, 3.63) is 17.0 Å². The van der Waals surface area contributed by atoms with Crippen LogP contribution in [0.15, 0.2) is 0 Å². The molecule has 2 aromatic rings. The maximum atomic E-state index is 13.1. The van der Waals surface area contributed by atoms with E-state index in [1.165, 1.54) is 0 Å². The Morgan fingerprint density at radius 1 is 1.19 bits per heavy atom. The van der Waals surface area contributed by atoms with Crippen molar-refractivity contribution in [3.63, 3.8) is 0 Å². The first-order chi connectivity index (χ1) is 12.3. The van der Waals surface area contributed by atoms with Gasteiger partial charge in [-0.1, -0.05) is 0 Å². The van der Waals surface area contributed by atoms with Crippen molar-refractivity contribution in [2.75, 3.05) is 18.4 Å². The van der Waals surface area contributed by atoms with E-state index in [2.05, 4.69) is 20.6 Å². The Bertz CT molecular complexity index is 873. The molecule has 7 nitrogen and oxygen atoms in total. The van der Waals surface area contributed by atoms with Crippen LogP contribution in [-0.2, 0) is 11.0 Å². The minimum atomic E-state index is -4.63. The van der Waals surface area contributed by atoms with Gasteiger partial charge in [-0.3, -0.25) is 4.79 Å². The topological polar surface area (TPSA) is 75.4 Å². The van der Waals surface area contributed by atoms with E-state index in [1.807, 2.05) is 4.90 Å². The second-order valence-electron chi connectivity index (χ2n) is 7.08. The molecule has 0 spiro atoms. The maximum Gasteiger partial charge on any atom is 0.453 e. The highest BCUT2D eigenvalue weighted by molar-refractivity contribution is 5.79. The second kappa shape index (κ2) is 5.82. The molecule has 2 aromatic heterocycles. The summed E-state index contributed by atoms with van der Waals surface area (Å²) in [4.78, 5) is 13.9. The SMILES string of the molecule is Cc1c(NCC2CC(=O)N(C3CC3)C2)nn2c(C(F)(F)F)nnc2c1C. The lowest BCUT2D eigenvalue weighted by Crippen LogP contribution is -2.28. The van der Waals surface area contributed by atoms with Crippen molar-refractivity contribution in [2.45, 2.75) is 45.3 Å². The molecule has 1 saturated heterocycles. The van der Waals surface area contributed by atoms with Gasteiger partial charge in [0.15, 0.2) is 5.65 Å². The number of rotatable bonds is 4. The summed E-state index contributed by atoms with van der Waals surface area (Å²) < 4.78 is 40.0. The molecule has 0 bridgehead atoms. The molecule has 1 aliphatic carbocycles. The molecule has 2 aliphatic rings. The number of likely N-dealkylation sites (tertiary alicyclic amines) is 1. The van der Waals surface area contributed by atoms with Gasteiger partial charge in [0, 0.05) is 37.0 Å². The molecule has 1 N–H and O–H groups in total. The van der Waals surface area contributed by atoms with Gasteiger partial charge in [0.05, 0.1) is 0 Å². The van der Waals surface area contributed by atoms with Crippen LogP contribution in [0.5, 0.6) is 0 Å². The van der Waals surface area contributed by atoms with Gasteiger partial charge in [-0.25, -0.2) is 0 Å². The van der Waals surface area contributed by atoms with E-state index in [1.54, 1.807) is 13.8 Å². The lowest BCUT2D eigenvalue weighted by Gasteiger charge is -2.17. The van der Waals surface area contributed by atoms with Gasteiger partial charge >= 0.3 is 6.18 Å². The Balaban J connectivity index is 1.56. The number of aromatic nitrogens is 4. The fraction of sp³-hybridized carbons (Fsp3) is 0.625. The normalized spacial score (nSPS) is 21.0. The zero-order valence-corrected chi connectivity index (χ0v) is 14.5. The number of aryl methyl sites for hydroxylation is 1. The van der Waals surface area contributed by atoms with Gasteiger partial charge < -0.3 is 10.2 Å². The number of hydrogen-bond donors (Lipinski definition) is 1. The molecular formula is C16H19F3N6O. The standard InChI is InChI=1S/C16H19F3N6O/c1-8-9(2)14-21-22-15(16(17,18)19)25(14)23-13(8)20-6-10-5-12(26)24(7-10)11-3-4-11/h10-11H,3-7H2,1-2H3,(H,20,23). The van der Waals surface area contributed by atoms with Crippen molar-refractivity contribution in [3.8, 4) is 0 Å². The average Bonchev–Trinajstić information content (AvgIpc) is 3.19. The van der Waals surface area contributed by atoms with Gasteiger partial charge in [-0.15, -0.1) is 15.3 Å². The van der Waals surface area contributed by atoms with Crippen LogP contribution in [0.25, 0.3) is 5.65 Å². The fourth-order valence-corrected chi connectivity index (χ4v) is 3.40. The zero-order chi connectivity index (χ0) is 18.6. The maximum absolute atomic E-state index is 13.1. The number of nitrogens with zero attached hydrogens (tertiary/aromatic N) is 5. The van der Waals surface area contributed by atoms with E-state index >= 15 is 0 Å². The summed E-state index contributed by atoms with van der Waals surface area (Å²) in [6.45, 7) is 4.65. The lowest BCUT2D eigenvalue weighted by molar-refractivity contribution is -0.146. The minimum absolute atomic E-state index is 0.0938. The largest absolute Gasteiger partial charge is 0.453 e. The van der Waals surface area contributed by atoms with Crippen LogP contribution in [0.2, 0.25) is 0 Å². The van der Waals surface area contributed by atoms with E-state index in [-0.39, 0.29) is 17.5 Å². The van der Waals surface area contributed by atoms with Crippen LogP contribution in [0, 0.1) is 19.8 Å². The molecule has 10 heteroatoms. The van der Waals surface area contributed by atoms with E-state index in [0.29, 0.717) is 36.9 Å². The second-order valence-corrected chi connectivity index (χ2v) is 7.08.